The van der Waals surface area contributed by atoms with Crippen molar-refractivity contribution >= 4 is 35.1 Å². The lowest BCUT2D eigenvalue weighted by molar-refractivity contribution is -0.126. The van der Waals surface area contributed by atoms with Crippen LogP contribution in [-0.2, 0) is 14.3 Å². The van der Waals surface area contributed by atoms with Gasteiger partial charge in [0.1, 0.15) is 0 Å². The maximum atomic E-state index is 12.3. The molecule has 1 aliphatic heterocycles. The van der Waals surface area contributed by atoms with Crippen molar-refractivity contribution < 1.29 is 19.1 Å². The van der Waals surface area contributed by atoms with Crippen molar-refractivity contribution in [1.29, 1.82) is 0 Å². The van der Waals surface area contributed by atoms with Gasteiger partial charge in [-0.2, -0.15) is 0 Å². The van der Waals surface area contributed by atoms with E-state index in [2.05, 4.69) is 10.1 Å². The molecule has 1 fully saturated rings. The number of rotatable bonds is 5. The molecule has 1 aromatic carbocycles. The van der Waals surface area contributed by atoms with Crippen molar-refractivity contribution in [3.8, 4) is 0 Å². The van der Waals surface area contributed by atoms with Gasteiger partial charge >= 0.3 is 5.97 Å². The fraction of sp³-hybridized carbons (Fsp3) is 0.471. The molecule has 0 saturated carbocycles. The summed E-state index contributed by atoms with van der Waals surface area (Å²) >= 11 is 6.18. The number of amides is 2. The van der Waals surface area contributed by atoms with Gasteiger partial charge < -0.3 is 15.0 Å². The Morgan fingerprint density at radius 2 is 2.17 bits per heavy atom. The molecule has 2 rings (SSSR count). The highest BCUT2D eigenvalue weighted by molar-refractivity contribution is 6.34. The Morgan fingerprint density at radius 1 is 1.46 bits per heavy atom. The van der Waals surface area contributed by atoms with E-state index < -0.39 is 11.9 Å². The number of nitrogens with one attached hydrogen (secondary N) is 1. The normalized spacial score (nSPS) is 18.4. The molecule has 130 valence electrons. The van der Waals surface area contributed by atoms with E-state index in [1.807, 2.05) is 13.8 Å². The molecule has 1 aliphatic rings. The fourth-order valence-corrected chi connectivity index (χ4v) is 2.76. The molecule has 1 aromatic rings. The molecule has 2 atom stereocenters. The standard InChI is InChI=1S/C17H21ClN2O4/c1-4-10(2)19-16(22)12-8-15(21)20(9-12)14-7-11(17(23)24-3)5-6-13(14)18/h5-7,10,12H,4,8-9H2,1-3H3,(H,19,22). The summed E-state index contributed by atoms with van der Waals surface area (Å²) in [4.78, 5) is 37.7. The first-order valence-corrected chi connectivity index (χ1v) is 8.23. The minimum atomic E-state index is -0.509. The Bertz CT molecular complexity index is 662. The molecule has 0 radical (unpaired) electrons. The maximum Gasteiger partial charge on any atom is 0.337 e. The maximum absolute atomic E-state index is 12.3. The van der Waals surface area contributed by atoms with E-state index in [1.54, 1.807) is 6.07 Å². The highest BCUT2D eigenvalue weighted by Crippen LogP contribution is 2.32. The minimum Gasteiger partial charge on any atom is -0.465 e. The summed E-state index contributed by atoms with van der Waals surface area (Å²) in [7, 11) is 1.28. The molecule has 0 aromatic heterocycles. The van der Waals surface area contributed by atoms with E-state index >= 15 is 0 Å². The van der Waals surface area contributed by atoms with Crippen LogP contribution >= 0.6 is 11.6 Å². The highest BCUT2D eigenvalue weighted by atomic mass is 35.5. The molecule has 6 nitrogen and oxygen atoms in total. The van der Waals surface area contributed by atoms with Crippen LogP contribution in [0.2, 0.25) is 5.02 Å². The van der Waals surface area contributed by atoms with E-state index in [1.165, 1.54) is 24.1 Å². The third kappa shape index (κ3) is 3.87. The lowest BCUT2D eigenvalue weighted by Crippen LogP contribution is -2.38. The summed E-state index contributed by atoms with van der Waals surface area (Å²) in [6.45, 7) is 4.14. The Labute approximate surface area is 146 Å². The summed E-state index contributed by atoms with van der Waals surface area (Å²) in [6, 6.07) is 4.66. The second-order valence-electron chi connectivity index (χ2n) is 5.88. The van der Waals surface area contributed by atoms with Gasteiger partial charge in [-0.3, -0.25) is 9.59 Å². The average molecular weight is 353 g/mol. The molecule has 24 heavy (non-hydrogen) atoms. The summed E-state index contributed by atoms with van der Waals surface area (Å²) in [6.07, 6.45) is 0.949. The number of anilines is 1. The minimum absolute atomic E-state index is 0.0629. The summed E-state index contributed by atoms with van der Waals surface area (Å²) in [5.41, 5.74) is 0.723. The van der Waals surface area contributed by atoms with E-state index in [0.717, 1.165) is 6.42 Å². The van der Waals surface area contributed by atoms with E-state index in [-0.39, 0.29) is 30.8 Å². The summed E-state index contributed by atoms with van der Waals surface area (Å²) in [5.74, 6) is -1.27. The molecule has 2 amide bonds. The van der Waals surface area contributed by atoms with Gasteiger partial charge in [-0.1, -0.05) is 18.5 Å². The second-order valence-corrected chi connectivity index (χ2v) is 6.29. The van der Waals surface area contributed by atoms with Crippen LogP contribution in [0.5, 0.6) is 0 Å². The Hall–Kier alpha value is -2.08. The lowest BCUT2D eigenvalue weighted by atomic mass is 10.1. The van der Waals surface area contributed by atoms with Gasteiger partial charge in [0.05, 0.1) is 29.3 Å². The van der Waals surface area contributed by atoms with Crippen LogP contribution in [0.25, 0.3) is 0 Å². The predicted octanol–water partition coefficient (Wildman–Crippen LogP) is 2.39. The van der Waals surface area contributed by atoms with E-state index in [0.29, 0.717) is 16.3 Å². The number of esters is 1. The topological polar surface area (TPSA) is 75.7 Å². The van der Waals surface area contributed by atoms with Crippen molar-refractivity contribution in [2.75, 3.05) is 18.6 Å². The number of methoxy groups -OCH3 is 1. The van der Waals surface area contributed by atoms with Gasteiger partial charge in [-0.25, -0.2) is 4.79 Å². The summed E-state index contributed by atoms with van der Waals surface area (Å²) < 4.78 is 4.69. The quantitative estimate of drug-likeness (QED) is 0.825. The van der Waals surface area contributed by atoms with Crippen LogP contribution in [0.4, 0.5) is 5.69 Å². The number of benzene rings is 1. The van der Waals surface area contributed by atoms with Crippen LogP contribution in [0.3, 0.4) is 0 Å². The monoisotopic (exact) mass is 352 g/mol. The van der Waals surface area contributed by atoms with Crippen molar-refractivity contribution in [1.82, 2.24) is 5.32 Å². The van der Waals surface area contributed by atoms with Gasteiger partial charge in [0, 0.05) is 19.0 Å². The third-order valence-corrected chi connectivity index (χ3v) is 4.47. The van der Waals surface area contributed by atoms with Crippen LogP contribution in [0, 0.1) is 5.92 Å². The van der Waals surface area contributed by atoms with Gasteiger partial charge in [-0.15, -0.1) is 0 Å². The first-order valence-electron chi connectivity index (χ1n) is 7.86. The lowest BCUT2D eigenvalue weighted by Gasteiger charge is -2.19. The van der Waals surface area contributed by atoms with Crippen molar-refractivity contribution in [3.63, 3.8) is 0 Å². The molecule has 1 saturated heterocycles. The Kier molecular flexibility index (Phi) is 5.83. The molecular formula is C17H21ClN2O4. The fourth-order valence-electron chi connectivity index (χ4n) is 2.54. The molecule has 0 spiro atoms. The number of hydrogen-bond donors (Lipinski definition) is 1. The molecule has 0 aliphatic carbocycles. The van der Waals surface area contributed by atoms with E-state index in [9.17, 15) is 14.4 Å². The third-order valence-electron chi connectivity index (χ3n) is 4.15. The van der Waals surface area contributed by atoms with Gasteiger partial charge in [-0.05, 0) is 31.5 Å². The predicted molar refractivity (Wildman–Crippen MR) is 91.1 cm³/mol. The van der Waals surface area contributed by atoms with Gasteiger partial charge in [0.15, 0.2) is 0 Å². The molecular weight excluding hydrogens is 332 g/mol. The van der Waals surface area contributed by atoms with Crippen LogP contribution in [0.15, 0.2) is 18.2 Å². The zero-order valence-corrected chi connectivity index (χ0v) is 14.7. The number of halogens is 1. The summed E-state index contributed by atoms with van der Waals surface area (Å²) in [5, 5.41) is 3.24. The van der Waals surface area contributed by atoms with Crippen LogP contribution in [0.1, 0.15) is 37.0 Å². The highest BCUT2D eigenvalue weighted by Gasteiger charge is 2.36. The number of ether oxygens (including phenoxy) is 1. The van der Waals surface area contributed by atoms with E-state index in [4.69, 9.17) is 11.6 Å². The zero-order chi connectivity index (χ0) is 17.9. The molecule has 2 unspecified atom stereocenters. The molecule has 1 heterocycles. The largest absolute Gasteiger partial charge is 0.465 e. The van der Waals surface area contributed by atoms with Gasteiger partial charge in [0.2, 0.25) is 11.8 Å². The average Bonchev–Trinajstić information content (AvgIpc) is 2.96. The Balaban J connectivity index is 2.20. The smallest absolute Gasteiger partial charge is 0.337 e. The second kappa shape index (κ2) is 7.66. The first kappa shape index (κ1) is 18.3. The zero-order valence-electron chi connectivity index (χ0n) is 14.0. The Morgan fingerprint density at radius 3 is 2.79 bits per heavy atom. The van der Waals surface area contributed by atoms with Crippen LogP contribution in [-0.4, -0.2) is 37.5 Å². The van der Waals surface area contributed by atoms with Gasteiger partial charge in [0.25, 0.3) is 0 Å². The van der Waals surface area contributed by atoms with Crippen molar-refractivity contribution in [2.45, 2.75) is 32.7 Å². The number of carbonyl (C=O) groups is 3. The number of hydrogen-bond acceptors (Lipinski definition) is 4. The molecule has 0 bridgehead atoms. The van der Waals surface area contributed by atoms with Crippen molar-refractivity contribution in [3.05, 3.63) is 28.8 Å². The SMILES string of the molecule is CCC(C)NC(=O)C1CC(=O)N(c2cc(C(=O)OC)ccc2Cl)C1. The molecule has 1 N–H and O–H groups in total. The van der Waals surface area contributed by atoms with Crippen LogP contribution < -0.4 is 10.2 Å². The number of nitrogens with zero attached hydrogens (tertiary/aromatic N) is 1. The first-order chi connectivity index (χ1) is 11.4. The van der Waals surface area contributed by atoms with Crippen molar-refractivity contribution in [2.24, 2.45) is 5.92 Å². The molecule has 7 heteroatoms. The number of carbonyl (C=O) groups excluding carboxylic acids is 3.